The van der Waals surface area contributed by atoms with Gasteiger partial charge in [0.2, 0.25) is 10.0 Å². The van der Waals surface area contributed by atoms with Gasteiger partial charge in [-0.25, -0.2) is 13.1 Å². The highest BCUT2D eigenvalue weighted by atomic mass is 32.2. The predicted octanol–water partition coefficient (Wildman–Crippen LogP) is 5.39. The lowest BCUT2D eigenvalue weighted by Gasteiger charge is -2.46. The van der Waals surface area contributed by atoms with E-state index >= 15 is 0 Å². The summed E-state index contributed by atoms with van der Waals surface area (Å²) in [6.45, 7) is 3.31. The van der Waals surface area contributed by atoms with E-state index in [1.165, 1.54) is 6.92 Å². The number of piperidine rings is 1. The van der Waals surface area contributed by atoms with Crippen LogP contribution in [0.1, 0.15) is 55.0 Å². The minimum Gasteiger partial charge on any atom is -0.372 e. The molecule has 2 N–H and O–H groups in total. The molecular weight excluding hydrogens is 510 g/mol. The highest BCUT2D eigenvalue weighted by molar-refractivity contribution is 7.88. The maximum Gasteiger partial charge on any atom is 0.416 e. The fourth-order valence-corrected chi connectivity index (χ4v) is 5.42. The molecule has 3 atom stereocenters. The molecule has 12 heteroatoms. The van der Waals surface area contributed by atoms with Crippen molar-refractivity contribution in [2.45, 2.75) is 56.2 Å². The first-order chi connectivity index (χ1) is 16.4. The van der Waals surface area contributed by atoms with Crippen LogP contribution in [0.2, 0.25) is 0 Å². The molecule has 1 fully saturated rings. The lowest BCUT2D eigenvalue weighted by Crippen LogP contribution is -2.62. The van der Waals surface area contributed by atoms with Gasteiger partial charge < -0.3 is 10.1 Å². The predicted molar refractivity (Wildman–Crippen MR) is 123 cm³/mol. The molecule has 0 aromatic heterocycles. The zero-order chi connectivity index (χ0) is 27.0. The molecule has 0 saturated carbocycles. The maximum atomic E-state index is 13.3. The molecule has 3 rings (SSSR count). The second-order valence-electron chi connectivity index (χ2n) is 9.53. The van der Waals surface area contributed by atoms with E-state index in [4.69, 9.17) is 4.74 Å². The molecule has 1 saturated heterocycles. The van der Waals surface area contributed by atoms with Crippen LogP contribution in [-0.2, 0) is 32.7 Å². The first-order valence-corrected chi connectivity index (χ1v) is 13.0. The van der Waals surface area contributed by atoms with Crippen molar-refractivity contribution in [3.05, 3.63) is 70.8 Å². The fourth-order valence-electron chi connectivity index (χ4n) is 4.35. The SMILES string of the molecule is C[C@@H](OC[C@@]1(c2ccccc2)CC[C@@](C)(NS(C)(=O)=O)CN1)c1cc(C(F)(F)F)cc(C(F)(F)F)c1. The van der Waals surface area contributed by atoms with Gasteiger partial charge in [-0.05, 0) is 56.0 Å². The van der Waals surface area contributed by atoms with Gasteiger partial charge >= 0.3 is 12.4 Å². The number of alkyl halides is 6. The third-order valence-electron chi connectivity index (χ3n) is 6.34. The number of hydrogen-bond donors (Lipinski definition) is 2. The first-order valence-electron chi connectivity index (χ1n) is 11.1. The van der Waals surface area contributed by atoms with Crippen molar-refractivity contribution in [2.24, 2.45) is 0 Å². The molecular formula is C24H28F6N2O3S. The van der Waals surface area contributed by atoms with Crippen molar-refractivity contribution < 1.29 is 39.5 Å². The molecule has 5 nitrogen and oxygen atoms in total. The molecule has 0 radical (unpaired) electrons. The third kappa shape index (κ3) is 6.99. The first kappa shape index (κ1) is 28.4. The Bertz CT molecular complexity index is 1130. The van der Waals surface area contributed by atoms with Crippen LogP contribution in [-0.4, -0.2) is 33.4 Å². The van der Waals surface area contributed by atoms with Gasteiger partial charge in [-0.3, -0.25) is 0 Å². The summed E-state index contributed by atoms with van der Waals surface area (Å²) >= 11 is 0. The summed E-state index contributed by atoms with van der Waals surface area (Å²) in [5.41, 5.74) is -3.86. The Morgan fingerprint density at radius 1 is 1.00 bits per heavy atom. The van der Waals surface area contributed by atoms with E-state index in [9.17, 15) is 34.8 Å². The topological polar surface area (TPSA) is 67.4 Å². The summed E-state index contributed by atoms with van der Waals surface area (Å²) in [6.07, 6.45) is -9.11. The standard InChI is InChI=1S/C24H28F6N2O3S/c1-16(17-11-19(23(25,26)27)13-20(12-17)24(28,29)30)35-15-22(18-7-5-4-6-8-18)10-9-21(2,14-31-22)32-36(3,33)34/h4-8,11-13,16,31-32H,9-10,14-15H2,1-3H3/t16-,21-,22-/m1/s1. The van der Waals surface area contributed by atoms with Crippen LogP contribution in [0, 0.1) is 0 Å². The second kappa shape index (κ2) is 9.96. The van der Waals surface area contributed by atoms with Crippen LogP contribution >= 0.6 is 0 Å². The van der Waals surface area contributed by atoms with E-state index in [0.29, 0.717) is 25.0 Å². The molecule has 0 bridgehead atoms. The average Bonchev–Trinajstić information content (AvgIpc) is 2.76. The zero-order valence-corrected chi connectivity index (χ0v) is 20.7. The van der Waals surface area contributed by atoms with Gasteiger partial charge in [0.15, 0.2) is 0 Å². The summed E-state index contributed by atoms with van der Waals surface area (Å²) in [5, 5.41) is 3.33. The molecule has 0 aliphatic carbocycles. The van der Waals surface area contributed by atoms with Gasteiger partial charge in [-0.1, -0.05) is 30.3 Å². The normalized spacial score (nSPS) is 24.5. The van der Waals surface area contributed by atoms with Crippen LogP contribution < -0.4 is 10.0 Å². The number of ether oxygens (including phenoxy) is 1. The summed E-state index contributed by atoms with van der Waals surface area (Å²) in [5.74, 6) is 0. The molecule has 2 aromatic rings. The second-order valence-corrected chi connectivity index (χ2v) is 11.3. The lowest BCUT2D eigenvalue weighted by atomic mass is 9.77. The molecule has 0 spiro atoms. The molecule has 2 aromatic carbocycles. The quantitative estimate of drug-likeness (QED) is 0.464. The summed E-state index contributed by atoms with van der Waals surface area (Å²) < 4.78 is 112. The van der Waals surface area contributed by atoms with Gasteiger partial charge in [0.05, 0.1) is 35.6 Å². The van der Waals surface area contributed by atoms with Crippen LogP contribution in [0.15, 0.2) is 48.5 Å². The van der Waals surface area contributed by atoms with Crippen molar-refractivity contribution in [3.8, 4) is 0 Å². The molecule has 0 amide bonds. The monoisotopic (exact) mass is 538 g/mol. The Kier molecular flexibility index (Phi) is 7.86. The van der Waals surface area contributed by atoms with Crippen molar-refractivity contribution in [3.63, 3.8) is 0 Å². The van der Waals surface area contributed by atoms with Gasteiger partial charge in [0.1, 0.15) is 0 Å². The van der Waals surface area contributed by atoms with Gasteiger partial charge in [-0.2, -0.15) is 26.3 Å². The van der Waals surface area contributed by atoms with E-state index in [1.807, 2.05) is 12.1 Å². The Balaban J connectivity index is 1.87. The smallest absolute Gasteiger partial charge is 0.372 e. The van der Waals surface area contributed by atoms with Crippen LogP contribution in [0.4, 0.5) is 26.3 Å². The largest absolute Gasteiger partial charge is 0.416 e. The number of halogens is 6. The van der Waals surface area contributed by atoms with E-state index in [0.717, 1.165) is 11.8 Å². The average molecular weight is 539 g/mol. The van der Waals surface area contributed by atoms with Crippen LogP contribution in [0.25, 0.3) is 0 Å². The zero-order valence-electron chi connectivity index (χ0n) is 19.9. The molecule has 0 unspecified atom stereocenters. The molecule has 200 valence electrons. The van der Waals surface area contributed by atoms with E-state index in [-0.39, 0.29) is 24.8 Å². The Hall–Kier alpha value is -2.15. The van der Waals surface area contributed by atoms with Gasteiger partial charge in [0, 0.05) is 12.1 Å². The number of nitrogens with one attached hydrogen (secondary N) is 2. The Morgan fingerprint density at radius 3 is 2.00 bits per heavy atom. The number of sulfonamides is 1. The van der Waals surface area contributed by atoms with E-state index in [2.05, 4.69) is 10.0 Å². The van der Waals surface area contributed by atoms with E-state index < -0.39 is 50.7 Å². The minimum absolute atomic E-state index is 0.0648. The van der Waals surface area contributed by atoms with Crippen molar-refractivity contribution >= 4 is 10.0 Å². The van der Waals surface area contributed by atoms with Crippen LogP contribution in [0.5, 0.6) is 0 Å². The summed E-state index contributed by atoms with van der Waals surface area (Å²) in [4.78, 5) is 0. The summed E-state index contributed by atoms with van der Waals surface area (Å²) in [6, 6.07) is 10.5. The van der Waals surface area contributed by atoms with Crippen molar-refractivity contribution in [1.82, 2.24) is 10.0 Å². The van der Waals surface area contributed by atoms with Gasteiger partial charge in [0.25, 0.3) is 0 Å². The Labute approximate surface area is 206 Å². The highest BCUT2D eigenvalue weighted by Gasteiger charge is 2.43. The van der Waals surface area contributed by atoms with Crippen molar-refractivity contribution in [2.75, 3.05) is 19.4 Å². The maximum absolute atomic E-state index is 13.3. The van der Waals surface area contributed by atoms with Crippen molar-refractivity contribution in [1.29, 1.82) is 0 Å². The minimum atomic E-state index is -4.96. The molecule has 36 heavy (non-hydrogen) atoms. The van der Waals surface area contributed by atoms with Gasteiger partial charge in [-0.15, -0.1) is 0 Å². The molecule has 1 aliphatic rings. The number of benzene rings is 2. The molecule has 1 heterocycles. The Morgan fingerprint density at radius 2 is 1.56 bits per heavy atom. The lowest BCUT2D eigenvalue weighted by molar-refractivity contribution is -0.143. The highest BCUT2D eigenvalue weighted by Crippen LogP contribution is 2.39. The number of hydrogen-bond acceptors (Lipinski definition) is 4. The fraction of sp³-hybridized carbons (Fsp3) is 0.500. The van der Waals surface area contributed by atoms with E-state index in [1.54, 1.807) is 25.1 Å². The van der Waals surface area contributed by atoms with Crippen LogP contribution in [0.3, 0.4) is 0 Å². The number of rotatable bonds is 7. The summed E-state index contributed by atoms with van der Waals surface area (Å²) in [7, 11) is -3.48. The third-order valence-corrected chi connectivity index (χ3v) is 7.20. The molecule has 1 aliphatic heterocycles.